The Morgan fingerprint density at radius 1 is 1.32 bits per heavy atom. The van der Waals surface area contributed by atoms with Crippen LogP contribution in [0.15, 0.2) is 41.6 Å². The zero-order chi connectivity index (χ0) is 13.7. The van der Waals surface area contributed by atoms with E-state index in [1.807, 2.05) is 6.07 Å². The number of hydrogen-bond acceptors (Lipinski definition) is 6. The summed E-state index contributed by atoms with van der Waals surface area (Å²) >= 11 is 1.47. The van der Waals surface area contributed by atoms with Gasteiger partial charge in [0.15, 0.2) is 0 Å². The number of carbonyl (C=O) groups excluding carboxylic acids is 1. The van der Waals surface area contributed by atoms with Gasteiger partial charge < -0.3 is 5.73 Å². The normalized spacial score (nSPS) is 10.2. The van der Waals surface area contributed by atoms with Crippen molar-refractivity contribution in [1.29, 1.82) is 0 Å². The lowest BCUT2D eigenvalue weighted by Crippen LogP contribution is -2.30. The summed E-state index contributed by atoms with van der Waals surface area (Å²) in [6, 6.07) is 8.77. The van der Waals surface area contributed by atoms with Gasteiger partial charge in [-0.05, 0) is 24.3 Å². The molecule has 19 heavy (non-hydrogen) atoms. The molecule has 0 aliphatic carbocycles. The third kappa shape index (κ3) is 3.43. The number of anilines is 1. The number of nitrogens with two attached hydrogens (primary N) is 2. The van der Waals surface area contributed by atoms with E-state index < -0.39 is 5.91 Å². The number of amides is 1. The van der Waals surface area contributed by atoms with Gasteiger partial charge >= 0.3 is 0 Å². The van der Waals surface area contributed by atoms with Gasteiger partial charge in [0.2, 0.25) is 0 Å². The number of hydrazine groups is 1. The van der Waals surface area contributed by atoms with Crippen LogP contribution in [-0.2, 0) is 5.75 Å². The fraction of sp³-hybridized carbons (Fsp3) is 0.0833. The molecule has 0 aliphatic heterocycles. The molecule has 0 fully saturated rings. The summed E-state index contributed by atoms with van der Waals surface area (Å²) in [6.45, 7) is 0. The van der Waals surface area contributed by atoms with Crippen molar-refractivity contribution in [2.75, 3.05) is 5.73 Å². The summed E-state index contributed by atoms with van der Waals surface area (Å²) in [7, 11) is 0. The molecular formula is C12H13N5OS. The molecule has 7 heteroatoms. The van der Waals surface area contributed by atoms with Crippen molar-refractivity contribution in [3.8, 4) is 0 Å². The highest BCUT2D eigenvalue weighted by molar-refractivity contribution is 7.98. The topological polar surface area (TPSA) is 107 Å². The average Bonchev–Trinajstić information content (AvgIpc) is 2.46. The van der Waals surface area contributed by atoms with Crippen LogP contribution in [0, 0.1) is 0 Å². The van der Waals surface area contributed by atoms with Crippen LogP contribution in [-0.4, -0.2) is 15.9 Å². The number of rotatable bonds is 4. The van der Waals surface area contributed by atoms with Crippen LogP contribution < -0.4 is 17.0 Å². The van der Waals surface area contributed by atoms with E-state index in [-0.39, 0.29) is 5.69 Å². The maximum absolute atomic E-state index is 11.4. The molecule has 2 heterocycles. The second kappa shape index (κ2) is 6.17. The van der Waals surface area contributed by atoms with Gasteiger partial charge in [-0.1, -0.05) is 17.8 Å². The lowest BCUT2D eigenvalue weighted by molar-refractivity contribution is 0.0948. The highest BCUT2D eigenvalue weighted by Gasteiger charge is 2.07. The summed E-state index contributed by atoms with van der Waals surface area (Å²) in [4.78, 5) is 19.7. The van der Waals surface area contributed by atoms with Gasteiger partial charge in [0.25, 0.3) is 5.91 Å². The number of carbonyl (C=O) groups is 1. The van der Waals surface area contributed by atoms with Crippen LogP contribution in [0.3, 0.4) is 0 Å². The standard InChI is InChI=1S/C12H13N5OS/c13-9-4-2-6-15-12(9)19-7-8-3-1-5-10(16-8)11(18)17-14/h1-6H,7,13-14H2,(H,17,18). The van der Waals surface area contributed by atoms with E-state index >= 15 is 0 Å². The van der Waals surface area contributed by atoms with Crippen LogP contribution in [0.2, 0.25) is 0 Å². The molecule has 2 aromatic heterocycles. The summed E-state index contributed by atoms with van der Waals surface area (Å²) in [5.41, 5.74) is 9.53. The van der Waals surface area contributed by atoms with Crippen LogP contribution in [0.25, 0.3) is 0 Å². The molecule has 0 radical (unpaired) electrons. The Balaban J connectivity index is 2.08. The first-order valence-corrected chi connectivity index (χ1v) is 6.49. The molecule has 0 saturated carbocycles. The Bertz CT molecular complexity index is 590. The molecule has 0 bridgehead atoms. The van der Waals surface area contributed by atoms with Gasteiger partial charge in [-0.2, -0.15) is 0 Å². The third-order valence-corrected chi connectivity index (χ3v) is 3.38. The van der Waals surface area contributed by atoms with Crippen molar-refractivity contribution in [3.05, 3.63) is 47.9 Å². The van der Waals surface area contributed by atoms with Crippen molar-refractivity contribution < 1.29 is 4.79 Å². The molecule has 2 rings (SSSR count). The largest absolute Gasteiger partial charge is 0.397 e. The predicted octanol–water partition coefficient (Wildman–Crippen LogP) is 0.955. The number of thioether (sulfide) groups is 1. The highest BCUT2D eigenvalue weighted by Crippen LogP contribution is 2.24. The average molecular weight is 275 g/mol. The zero-order valence-electron chi connectivity index (χ0n) is 10.0. The molecule has 2 aromatic rings. The number of aromatic nitrogens is 2. The van der Waals surface area contributed by atoms with Crippen LogP contribution >= 0.6 is 11.8 Å². The number of nitrogen functional groups attached to an aromatic ring is 2. The van der Waals surface area contributed by atoms with Gasteiger partial charge in [0, 0.05) is 11.9 Å². The molecule has 0 atom stereocenters. The molecule has 0 spiro atoms. The maximum atomic E-state index is 11.4. The fourth-order valence-corrected chi connectivity index (χ4v) is 2.24. The number of pyridine rings is 2. The number of hydrogen-bond donors (Lipinski definition) is 3. The van der Waals surface area contributed by atoms with Gasteiger partial charge in [0.1, 0.15) is 10.7 Å². The summed E-state index contributed by atoms with van der Waals surface area (Å²) in [6.07, 6.45) is 1.68. The zero-order valence-corrected chi connectivity index (χ0v) is 10.9. The molecule has 5 N–H and O–H groups in total. The Labute approximate surface area is 114 Å². The first-order valence-electron chi connectivity index (χ1n) is 5.51. The monoisotopic (exact) mass is 275 g/mol. The van der Waals surface area contributed by atoms with Crippen LogP contribution in [0.4, 0.5) is 5.69 Å². The molecule has 6 nitrogen and oxygen atoms in total. The fourth-order valence-electron chi connectivity index (χ4n) is 1.43. The van der Waals surface area contributed by atoms with Crippen LogP contribution in [0.5, 0.6) is 0 Å². The second-order valence-electron chi connectivity index (χ2n) is 3.67. The van der Waals surface area contributed by atoms with Crippen molar-refractivity contribution in [2.24, 2.45) is 5.84 Å². The highest BCUT2D eigenvalue weighted by atomic mass is 32.2. The third-order valence-electron chi connectivity index (χ3n) is 2.33. The second-order valence-corrected chi connectivity index (χ2v) is 4.64. The SMILES string of the molecule is NNC(=O)c1cccc(CSc2ncccc2N)n1. The minimum Gasteiger partial charge on any atom is -0.397 e. The predicted molar refractivity (Wildman–Crippen MR) is 74.1 cm³/mol. The first-order chi connectivity index (χ1) is 9.20. The van der Waals surface area contributed by atoms with E-state index in [9.17, 15) is 4.79 Å². The summed E-state index contributed by atoms with van der Waals surface area (Å²) < 4.78 is 0. The minimum absolute atomic E-state index is 0.287. The van der Waals surface area contributed by atoms with Crippen molar-refractivity contribution >= 4 is 23.4 Å². The van der Waals surface area contributed by atoms with E-state index in [2.05, 4.69) is 15.4 Å². The van der Waals surface area contributed by atoms with Gasteiger partial charge in [-0.3, -0.25) is 10.2 Å². The first kappa shape index (κ1) is 13.3. The molecule has 0 aromatic carbocycles. The van der Waals surface area contributed by atoms with Gasteiger partial charge in [-0.15, -0.1) is 0 Å². The van der Waals surface area contributed by atoms with E-state index in [0.717, 1.165) is 10.7 Å². The van der Waals surface area contributed by atoms with Gasteiger partial charge in [-0.25, -0.2) is 15.8 Å². The quantitative estimate of drug-likeness (QED) is 0.332. The summed E-state index contributed by atoms with van der Waals surface area (Å²) in [5, 5.41) is 0.748. The Kier molecular flexibility index (Phi) is 4.32. The van der Waals surface area contributed by atoms with Crippen molar-refractivity contribution in [2.45, 2.75) is 10.8 Å². The molecule has 0 unspecified atom stereocenters. The molecule has 1 amide bonds. The van der Waals surface area contributed by atoms with Crippen molar-refractivity contribution in [3.63, 3.8) is 0 Å². The molecule has 0 saturated heterocycles. The Hall–Kier alpha value is -2.12. The Morgan fingerprint density at radius 2 is 2.16 bits per heavy atom. The van der Waals surface area contributed by atoms with Crippen LogP contribution in [0.1, 0.15) is 16.2 Å². The Morgan fingerprint density at radius 3 is 2.89 bits per heavy atom. The minimum atomic E-state index is -0.413. The lowest BCUT2D eigenvalue weighted by atomic mass is 10.3. The summed E-state index contributed by atoms with van der Waals surface area (Å²) in [5.74, 6) is 5.23. The van der Waals surface area contributed by atoms with E-state index in [4.69, 9.17) is 11.6 Å². The van der Waals surface area contributed by atoms with E-state index in [0.29, 0.717) is 11.4 Å². The number of nitrogens with one attached hydrogen (secondary N) is 1. The lowest BCUT2D eigenvalue weighted by Gasteiger charge is -2.05. The molecule has 0 aliphatic rings. The number of nitrogens with zero attached hydrogens (tertiary/aromatic N) is 2. The maximum Gasteiger partial charge on any atom is 0.283 e. The van der Waals surface area contributed by atoms with E-state index in [1.165, 1.54) is 11.8 Å². The van der Waals surface area contributed by atoms with E-state index in [1.54, 1.807) is 30.5 Å². The smallest absolute Gasteiger partial charge is 0.283 e. The van der Waals surface area contributed by atoms with Crippen molar-refractivity contribution in [1.82, 2.24) is 15.4 Å². The molecule has 98 valence electrons. The van der Waals surface area contributed by atoms with Gasteiger partial charge in [0.05, 0.1) is 11.4 Å². The molecular weight excluding hydrogens is 262 g/mol.